The number of carbonyl (C=O) groups excluding carboxylic acids is 2. The number of aromatic nitrogens is 1. The fourth-order valence-electron chi connectivity index (χ4n) is 6.33. The summed E-state index contributed by atoms with van der Waals surface area (Å²) in [4.78, 5) is 32.9. The van der Waals surface area contributed by atoms with Crippen LogP contribution in [-0.4, -0.2) is 110 Å². The maximum absolute atomic E-state index is 13.8. The van der Waals surface area contributed by atoms with Crippen LogP contribution in [0.25, 0.3) is 10.9 Å². The number of rotatable bonds is 9. The second kappa shape index (κ2) is 13.2. The third kappa shape index (κ3) is 7.65. The highest BCUT2D eigenvalue weighted by Gasteiger charge is 2.28. The molecule has 12 nitrogen and oxygen atoms in total. The molecule has 5 rings (SSSR count). The Labute approximate surface area is 271 Å². The molecule has 1 aromatic heterocycles. The number of ether oxygens (including phenoxy) is 1. The van der Waals surface area contributed by atoms with Gasteiger partial charge in [0, 0.05) is 58.2 Å². The predicted molar refractivity (Wildman–Crippen MR) is 180 cm³/mol. The van der Waals surface area contributed by atoms with Crippen molar-refractivity contribution < 1.29 is 27.9 Å². The van der Waals surface area contributed by atoms with Crippen molar-refractivity contribution in [2.45, 2.75) is 45.3 Å². The van der Waals surface area contributed by atoms with Gasteiger partial charge in [-0.1, -0.05) is 39.0 Å². The molecule has 250 valence electrons. The van der Waals surface area contributed by atoms with Gasteiger partial charge < -0.3 is 24.6 Å². The standard InChI is InChI=1S/C33H46N6O6S/c1-33(2,3)24-17-26(31(45-5)27(18-24)35-46(6,43)44)34-32(42)28-16-22-8-7-9-23(30(22)36(28)4)19-37-12-14-39(15-13-37)29(41)21-38-11-10-25(40)20-38/h7-9,16-18,25,35,40H,10-15,19-21H2,1-6H3,(H,34,42)/t25-/m1/s1. The molecular formula is C33H46N6O6S. The van der Waals surface area contributed by atoms with Crippen LogP contribution in [0.15, 0.2) is 36.4 Å². The zero-order chi connectivity index (χ0) is 33.4. The van der Waals surface area contributed by atoms with E-state index in [1.165, 1.54) is 7.11 Å². The smallest absolute Gasteiger partial charge is 0.272 e. The number of benzene rings is 2. The lowest BCUT2D eigenvalue weighted by Crippen LogP contribution is -2.50. The van der Waals surface area contributed by atoms with Gasteiger partial charge in [0.15, 0.2) is 5.75 Å². The summed E-state index contributed by atoms with van der Waals surface area (Å²) in [5.41, 5.74) is 3.60. The highest BCUT2D eigenvalue weighted by Crippen LogP contribution is 2.39. The first-order valence-corrected chi connectivity index (χ1v) is 17.5. The third-order valence-electron chi connectivity index (χ3n) is 8.80. The van der Waals surface area contributed by atoms with Gasteiger partial charge >= 0.3 is 0 Å². The van der Waals surface area contributed by atoms with E-state index in [2.05, 4.69) is 21.0 Å². The summed E-state index contributed by atoms with van der Waals surface area (Å²) in [6.45, 7) is 11.2. The Morgan fingerprint density at radius 1 is 1.02 bits per heavy atom. The van der Waals surface area contributed by atoms with Gasteiger partial charge in [-0.3, -0.25) is 24.1 Å². The van der Waals surface area contributed by atoms with Crippen LogP contribution in [0.4, 0.5) is 11.4 Å². The van der Waals surface area contributed by atoms with E-state index >= 15 is 0 Å². The van der Waals surface area contributed by atoms with Crippen molar-refractivity contribution in [2.75, 3.05) is 69.2 Å². The quantitative estimate of drug-likeness (QED) is 0.321. The van der Waals surface area contributed by atoms with Gasteiger partial charge in [0.05, 0.1) is 42.9 Å². The topological polar surface area (TPSA) is 136 Å². The van der Waals surface area contributed by atoms with Gasteiger partial charge in [0.1, 0.15) is 5.69 Å². The number of aryl methyl sites for hydroxylation is 1. The molecule has 3 aromatic rings. The fourth-order valence-corrected chi connectivity index (χ4v) is 6.88. The van der Waals surface area contributed by atoms with E-state index in [1.54, 1.807) is 6.07 Å². The Kier molecular flexibility index (Phi) is 9.69. The average Bonchev–Trinajstić information content (AvgIpc) is 3.54. The first-order chi connectivity index (χ1) is 21.6. The molecule has 0 bridgehead atoms. The summed E-state index contributed by atoms with van der Waals surface area (Å²) in [5, 5.41) is 13.7. The van der Waals surface area contributed by atoms with Crippen molar-refractivity contribution in [1.29, 1.82) is 0 Å². The van der Waals surface area contributed by atoms with E-state index < -0.39 is 10.0 Å². The highest BCUT2D eigenvalue weighted by molar-refractivity contribution is 7.92. The predicted octanol–water partition coefficient (Wildman–Crippen LogP) is 2.82. The van der Waals surface area contributed by atoms with Crippen LogP contribution in [-0.2, 0) is 33.8 Å². The monoisotopic (exact) mass is 654 g/mol. The number of aliphatic hydroxyl groups is 1. The maximum atomic E-state index is 13.8. The Morgan fingerprint density at radius 2 is 1.72 bits per heavy atom. The summed E-state index contributed by atoms with van der Waals surface area (Å²) in [6, 6.07) is 11.4. The molecule has 0 radical (unpaired) electrons. The van der Waals surface area contributed by atoms with Crippen molar-refractivity contribution in [3.63, 3.8) is 0 Å². The van der Waals surface area contributed by atoms with Crippen LogP contribution >= 0.6 is 0 Å². The normalized spacial score (nSPS) is 18.2. The number of hydrogen-bond donors (Lipinski definition) is 3. The number of para-hydroxylation sites is 1. The van der Waals surface area contributed by atoms with Gasteiger partial charge in [-0.25, -0.2) is 8.42 Å². The number of nitrogens with one attached hydrogen (secondary N) is 2. The minimum absolute atomic E-state index is 0.109. The molecule has 0 unspecified atom stereocenters. The minimum Gasteiger partial charge on any atom is -0.492 e. The number of methoxy groups -OCH3 is 1. The van der Waals surface area contributed by atoms with E-state index in [4.69, 9.17) is 4.74 Å². The number of nitrogens with zero attached hydrogens (tertiary/aromatic N) is 4. The van der Waals surface area contributed by atoms with Gasteiger partial charge in [0.2, 0.25) is 15.9 Å². The largest absolute Gasteiger partial charge is 0.492 e. The molecular weight excluding hydrogens is 608 g/mol. The Bertz CT molecular complexity index is 1720. The molecule has 2 fully saturated rings. The van der Waals surface area contributed by atoms with E-state index in [1.807, 2.05) is 66.5 Å². The van der Waals surface area contributed by atoms with Crippen LogP contribution in [0.3, 0.4) is 0 Å². The molecule has 3 heterocycles. The van der Waals surface area contributed by atoms with Crippen molar-refractivity contribution in [1.82, 2.24) is 19.3 Å². The second-order valence-corrected chi connectivity index (χ2v) is 15.2. The Morgan fingerprint density at radius 3 is 2.33 bits per heavy atom. The maximum Gasteiger partial charge on any atom is 0.272 e. The number of carbonyl (C=O) groups is 2. The van der Waals surface area contributed by atoms with Crippen LogP contribution in [0, 0.1) is 0 Å². The lowest BCUT2D eigenvalue weighted by Gasteiger charge is -2.35. The number of sulfonamides is 1. The summed E-state index contributed by atoms with van der Waals surface area (Å²) < 4.78 is 34.3. The second-order valence-electron chi connectivity index (χ2n) is 13.5. The zero-order valence-corrected chi connectivity index (χ0v) is 28.4. The van der Waals surface area contributed by atoms with Crippen LogP contribution in [0.5, 0.6) is 5.75 Å². The fraction of sp³-hybridized carbons (Fsp3) is 0.515. The number of likely N-dealkylation sites (tertiary alicyclic amines) is 1. The SMILES string of the molecule is COc1c(NC(=O)c2cc3cccc(CN4CCN(C(=O)CN5CC[C@@H](O)C5)CC4)c3n2C)cc(C(C)(C)C)cc1NS(C)(=O)=O. The molecule has 3 N–H and O–H groups in total. The Hall–Kier alpha value is -3.65. The number of anilines is 2. The van der Waals surface area contributed by atoms with E-state index in [9.17, 15) is 23.1 Å². The molecule has 0 spiro atoms. The number of amides is 2. The van der Waals surface area contributed by atoms with E-state index in [0.717, 1.165) is 54.3 Å². The Balaban J connectivity index is 1.33. The van der Waals surface area contributed by atoms with Crippen molar-refractivity contribution in [3.8, 4) is 5.75 Å². The molecule has 2 aliphatic heterocycles. The first-order valence-electron chi connectivity index (χ1n) is 15.6. The lowest BCUT2D eigenvalue weighted by atomic mass is 9.86. The molecule has 0 aliphatic carbocycles. The van der Waals surface area contributed by atoms with Gasteiger partial charge in [0.25, 0.3) is 5.91 Å². The zero-order valence-electron chi connectivity index (χ0n) is 27.6. The number of hydrogen-bond acceptors (Lipinski definition) is 8. The first kappa shape index (κ1) is 33.7. The highest BCUT2D eigenvalue weighted by atomic mass is 32.2. The summed E-state index contributed by atoms with van der Waals surface area (Å²) in [6.07, 6.45) is 1.46. The number of β-amino-alcohol motifs (C(OH)–C–C–N with tert-alkyl or cyclic N) is 1. The van der Waals surface area contributed by atoms with E-state index in [0.29, 0.717) is 44.1 Å². The number of fused-ring (bicyclic) bond motifs is 1. The average molecular weight is 655 g/mol. The molecule has 2 aromatic carbocycles. The summed E-state index contributed by atoms with van der Waals surface area (Å²) in [5.74, 6) is -0.0170. The van der Waals surface area contributed by atoms with Gasteiger partial charge in [-0.15, -0.1) is 0 Å². The molecule has 2 saturated heterocycles. The number of aliphatic hydroxyl groups excluding tert-OH is 1. The van der Waals surface area contributed by atoms with Gasteiger partial charge in [-0.05, 0) is 41.2 Å². The molecule has 2 amide bonds. The van der Waals surface area contributed by atoms with Crippen LogP contribution in [0.1, 0.15) is 48.8 Å². The summed E-state index contributed by atoms with van der Waals surface area (Å²) in [7, 11) is -0.301. The van der Waals surface area contributed by atoms with Gasteiger partial charge in [-0.2, -0.15) is 0 Å². The van der Waals surface area contributed by atoms with E-state index in [-0.39, 0.29) is 34.8 Å². The number of piperazine rings is 1. The molecule has 2 aliphatic rings. The van der Waals surface area contributed by atoms with Crippen molar-refractivity contribution in [2.24, 2.45) is 7.05 Å². The van der Waals surface area contributed by atoms with Crippen molar-refractivity contribution >= 4 is 44.1 Å². The molecule has 0 saturated carbocycles. The van der Waals surface area contributed by atoms with Crippen LogP contribution in [0.2, 0.25) is 0 Å². The summed E-state index contributed by atoms with van der Waals surface area (Å²) >= 11 is 0. The van der Waals surface area contributed by atoms with Crippen LogP contribution < -0.4 is 14.8 Å². The van der Waals surface area contributed by atoms with Crippen molar-refractivity contribution in [3.05, 3.63) is 53.2 Å². The molecule has 1 atom stereocenters. The lowest BCUT2D eigenvalue weighted by molar-refractivity contribution is -0.134. The molecule has 13 heteroatoms. The molecule has 46 heavy (non-hydrogen) atoms. The minimum atomic E-state index is -3.61. The third-order valence-corrected chi connectivity index (χ3v) is 9.39.